The molecule has 1 saturated heterocycles. The number of hydrogen-bond acceptors (Lipinski definition) is 4. The van der Waals surface area contributed by atoms with Crippen molar-refractivity contribution in [3.8, 4) is 0 Å². The second-order valence-corrected chi connectivity index (χ2v) is 11.8. The van der Waals surface area contributed by atoms with E-state index in [1.165, 1.54) is 5.56 Å². The van der Waals surface area contributed by atoms with Gasteiger partial charge < -0.3 is 14.2 Å². The number of rotatable bonds is 1. The first-order chi connectivity index (χ1) is 12.9. The summed E-state index contributed by atoms with van der Waals surface area (Å²) in [7, 11) is 0. The van der Waals surface area contributed by atoms with Gasteiger partial charge in [0.15, 0.2) is 0 Å². The van der Waals surface area contributed by atoms with E-state index in [4.69, 9.17) is 9.13 Å². The molecule has 2 aliphatic rings. The molecule has 0 N–H and O–H groups in total. The molecule has 1 aromatic carbocycles. The van der Waals surface area contributed by atoms with E-state index in [9.17, 15) is 9.35 Å². The summed E-state index contributed by atoms with van der Waals surface area (Å²) in [6, 6.07) is 8.29. The maximum Gasteiger partial charge on any atom is 0.410 e. The van der Waals surface area contributed by atoms with Crippen molar-refractivity contribution < 1.29 is 14.1 Å². The molecule has 0 bridgehead atoms. The van der Waals surface area contributed by atoms with E-state index < -0.39 is 21.7 Å². The third-order valence-electron chi connectivity index (χ3n) is 5.37. The van der Waals surface area contributed by atoms with Crippen LogP contribution in [0.4, 0.5) is 4.79 Å². The SMILES string of the molecule is CC(C)(C)OC(=O)N1CCC2(CC1)Cc1ccccc1/C2=N/[S@+]([O-])C(C)(C)C. The number of carbonyl (C=O) groups is 1. The number of carbonyl (C=O) groups excluding carboxylic acids is 1. The standard InChI is InChI=1S/C22H32N2O3S/c1-20(2,3)27-19(25)24-13-11-22(12-14-24)15-16-9-7-8-10-17(16)18(22)23-28(26)21(4,5)6/h7-10H,11-15H2,1-6H3/b23-18-/t28-/m1/s1. The fourth-order valence-corrected chi connectivity index (χ4v) is 4.59. The van der Waals surface area contributed by atoms with Gasteiger partial charge in [-0.2, -0.15) is 0 Å². The van der Waals surface area contributed by atoms with Crippen LogP contribution in [0.25, 0.3) is 0 Å². The third-order valence-corrected chi connectivity index (χ3v) is 6.77. The van der Waals surface area contributed by atoms with E-state index in [0.29, 0.717) is 13.1 Å². The quantitative estimate of drug-likeness (QED) is 0.647. The van der Waals surface area contributed by atoms with Crippen molar-refractivity contribution in [2.45, 2.75) is 71.2 Å². The minimum absolute atomic E-state index is 0.150. The molecule has 0 unspecified atom stereocenters. The van der Waals surface area contributed by atoms with E-state index in [-0.39, 0.29) is 11.5 Å². The zero-order valence-corrected chi connectivity index (χ0v) is 18.7. The van der Waals surface area contributed by atoms with Gasteiger partial charge in [-0.3, -0.25) is 0 Å². The minimum atomic E-state index is -1.31. The zero-order chi connectivity index (χ0) is 20.7. The number of amides is 1. The first-order valence-corrected chi connectivity index (χ1v) is 11.1. The van der Waals surface area contributed by atoms with Crippen molar-refractivity contribution >= 4 is 23.2 Å². The lowest BCUT2D eigenvalue weighted by Crippen LogP contribution is -2.47. The van der Waals surface area contributed by atoms with Gasteiger partial charge in [0.1, 0.15) is 27.4 Å². The number of nitrogens with zero attached hydrogens (tertiary/aromatic N) is 2. The van der Waals surface area contributed by atoms with Crippen LogP contribution < -0.4 is 0 Å². The van der Waals surface area contributed by atoms with Gasteiger partial charge in [0, 0.05) is 24.1 Å². The van der Waals surface area contributed by atoms with E-state index in [1.807, 2.05) is 53.7 Å². The molecule has 6 heteroatoms. The second-order valence-electron chi connectivity index (χ2n) is 9.88. The fourth-order valence-electron chi connectivity index (χ4n) is 3.86. The van der Waals surface area contributed by atoms with Gasteiger partial charge >= 0.3 is 6.09 Å². The Kier molecular flexibility index (Phi) is 5.58. The Labute approximate surface area is 171 Å². The van der Waals surface area contributed by atoms with Crippen molar-refractivity contribution in [3.63, 3.8) is 0 Å². The van der Waals surface area contributed by atoms with Crippen LogP contribution in [-0.2, 0) is 22.5 Å². The fraction of sp³-hybridized carbons (Fsp3) is 0.636. The average molecular weight is 405 g/mol. The zero-order valence-electron chi connectivity index (χ0n) is 17.9. The number of likely N-dealkylation sites (tertiary alicyclic amines) is 1. The summed E-state index contributed by atoms with van der Waals surface area (Å²) in [5.41, 5.74) is 2.69. The van der Waals surface area contributed by atoms with Crippen molar-refractivity contribution in [2.24, 2.45) is 9.81 Å². The summed E-state index contributed by atoms with van der Waals surface area (Å²) >= 11 is -1.31. The lowest BCUT2D eigenvalue weighted by atomic mass is 9.74. The molecule has 1 fully saturated rings. The number of ether oxygens (including phenoxy) is 1. The van der Waals surface area contributed by atoms with Crippen LogP contribution in [0.15, 0.2) is 28.7 Å². The second kappa shape index (κ2) is 7.38. The van der Waals surface area contributed by atoms with Crippen LogP contribution in [0.2, 0.25) is 0 Å². The van der Waals surface area contributed by atoms with E-state index in [1.54, 1.807) is 4.90 Å². The molecule has 1 aliphatic carbocycles. The molecule has 1 aliphatic heterocycles. The lowest BCUT2D eigenvalue weighted by Gasteiger charge is -2.39. The number of hydrogen-bond donors (Lipinski definition) is 0. The molecular formula is C22H32N2O3S. The predicted octanol–water partition coefficient (Wildman–Crippen LogP) is 4.51. The van der Waals surface area contributed by atoms with Gasteiger partial charge in [-0.1, -0.05) is 28.7 Å². The van der Waals surface area contributed by atoms with Crippen molar-refractivity contribution in [3.05, 3.63) is 35.4 Å². The van der Waals surface area contributed by atoms with Gasteiger partial charge in [-0.25, -0.2) is 4.79 Å². The minimum Gasteiger partial charge on any atom is -0.591 e. The van der Waals surface area contributed by atoms with Crippen molar-refractivity contribution in [2.75, 3.05) is 13.1 Å². The molecule has 0 radical (unpaired) electrons. The van der Waals surface area contributed by atoms with Gasteiger partial charge in [-0.05, 0) is 66.4 Å². The van der Waals surface area contributed by atoms with E-state index in [2.05, 4.69) is 12.1 Å². The van der Waals surface area contributed by atoms with E-state index >= 15 is 0 Å². The maximum absolute atomic E-state index is 12.8. The van der Waals surface area contributed by atoms with Crippen molar-refractivity contribution in [1.29, 1.82) is 0 Å². The Hall–Kier alpha value is -1.53. The van der Waals surface area contributed by atoms with Crippen LogP contribution >= 0.6 is 0 Å². The molecule has 0 saturated carbocycles. The number of piperidine rings is 1. The Morgan fingerprint density at radius 1 is 1.14 bits per heavy atom. The van der Waals surface area contributed by atoms with E-state index in [0.717, 1.165) is 30.5 Å². The Morgan fingerprint density at radius 3 is 2.32 bits per heavy atom. The summed E-state index contributed by atoms with van der Waals surface area (Å²) in [5, 5.41) is 0. The first kappa shape index (κ1) is 21.2. The normalized spacial score (nSPS) is 21.7. The van der Waals surface area contributed by atoms with Crippen molar-refractivity contribution in [1.82, 2.24) is 4.90 Å². The largest absolute Gasteiger partial charge is 0.591 e. The summed E-state index contributed by atoms with van der Waals surface area (Å²) in [6.07, 6.45) is 2.25. The Balaban J connectivity index is 1.85. The number of benzene rings is 1. The van der Waals surface area contributed by atoms with Gasteiger partial charge in [0.05, 0.1) is 0 Å². The van der Waals surface area contributed by atoms with Gasteiger partial charge in [0.2, 0.25) is 0 Å². The molecule has 0 aromatic heterocycles. The Morgan fingerprint density at radius 2 is 1.75 bits per heavy atom. The maximum atomic E-state index is 12.8. The molecule has 3 rings (SSSR count). The molecular weight excluding hydrogens is 372 g/mol. The molecule has 5 nitrogen and oxygen atoms in total. The monoisotopic (exact) mass is 404 g/mol. The van der Waals surface area contributed by atoms with Crippen LogP contribution in [0.1, 0.15) is 65.5 Å². The topological polar surface area (TPSA) is 65.0 Å². The van der Waals surface area contributed by atoms with Crippen LogP contribution in [0, 0.1) is 5.41 Å². The summed E-state index contributed by atoms with van der Waals surface area (Å²) < 4.78 is 22.7. The Bertz CT molecular complexity index is 769. The van der Waals surface area contributed by atoms with Crippen LogP contribution in [0.3, 0.4) is 0 Å². The number of fused-ring (bicyclic) bond motifs is 1. The first-order valence-electron chi connectivity index (χ1n) is 9.99. The molecule has 154 valence electrons. The smallest absolute Gasteiger partial charge is 0.410 e. The summed E-state index contributed by atoms with van der Waals surface area (Å²) in [5.74, 6) is 0. The highest BCUT2D eigenvalue weighted by molar-refractivity contribution is 7.91. The highest BCUT2D eigenvalue weighted by atomic mass is 32.2. The summed E-state index contributed by atoms with van der Waals surface area (Å²) in [6.45, 7) is 12.8. The summed E-state index contributed by atoms with van der Waals surface area (Å²) in [4.78, 5) is 14.2. The molecule has 1 heterocycles. The predicted molar refractivity (Wildman–Crippen MR) is 114 cm³/mol. The third kappa shape index (κ3) is 4.38. The molecule has 1 atom stereocenters. The van der Waals surface area contributed by atoms with Gasteiger partial charge in [0.25, 0.3) is 0 Å². The van der Waals surface area contributed by atoms with Crippen LogP contribution in [-0.4, -0.2) is 44.7 Å². The van der Waals surface area contributed by atoms with Crippen LogP contribution in [0.5, 0.6) is 0 Å². The molecule has 1 aromatic rings. The molecule has 28 heavy (non-hydrogen) atoms. The average Bonchev–Trinajstić information content (AvgIpc) is 2.86. The highest BCUT2D eigenvalue weighted by Gasteiger charge is 2.48. The molecule has 1 spiro atoms. The van der Waals surface area contributed by atoms with Gasteiger partial charge in [-0.15, -0.1) is 0 Å². The lowest BCUT2D eigenvalue weighted by molar-refractivity contribution is 0.0159. The highest BCUT2D eigenvalue weighted by Crippen LogP contribution is 2.46. The molecule has 1 amide bonds.